The number of nitrogens with zero attached hydrogens (tertiary/aromatic N) is 2. The van der Waals surface area contributed by atoms with Crippen LogP contribution >= 0.6 is 0 Å². The molecule has 0 aliphatic rings. The Kier molecular flexibility index (Phi) is 8.19. The number of hydrogen-bond donors (Lipinski definition) is 0. The molecule has 0 atom stereocenters. The molecule has 0 aliphatic heterocycles. The molecule has 0 saturated carbocycles. The topological polar surface area (TPSA) is 25.8 Å². The van der Waals surface area contributed by atoms with Crippen LogP contribution in [0.4, 0.5) is 0 Å². The fourth-order valence-corrected chi connectivity index (χ4v) is 8.72. The molecule has 2 nitrogen and oxygen atoms in total. The van der Waals surface area contributed by atoms with Gasteiger partial charge in [-0.15, -0.1) is 0 Å². The first-order valence-corrected chi connectivity index (χ1v) is 19.8. The first-order valence-electron chi connectivity index (χ1n) is 19.8. The second kappa shape index (κ2) is 14.1. The molecule has 0 fully saturated rings. The number of fused-ring (bicyclic) bond motifs is 5. The van der Waals surface area contributed by atoms with Gasteiger partial charge in [-0.2, -0.15) is 0 Å². The van der Waals surface area contributed by atoms with Crippen LogP contribution in [0.2, 0.25) is 0 Å². The van der Waals surface area contributed by atoms with Gasteiger partial charge in [0.2, 0.25) is 0 Å². The molecule has 2 heteroatoms. The Hall–Kier alpha value is -7.68. The SMILES string of the molecule is c1ccc(-c2ccc(-c3ccccc3-c3cc(-c4ccc(-c5c6ccccc6cc6c5ccc5ccccc56)c5ccccc45)nc(-c4ccccc4)n3)cc2)cc1. The molecule has 0 saturated heterocycles. The highest BCUT2D eigenvalue weighted by molar-refractivity contribution is 6.23. The first-order chi connectivity index (χ1) is 28.8. The highest BCUT2D eigenvalue weighted by Gasteiger charge is 2.19. The molecule has 1 aromatic heterocycles. The van der Waals surface area contributed by atoms with Crippen molar-refractivity contribution in [3.05, 3.63) is 218 Å². The third-order valence-electron chi connectivity index (χ3n) is 11.5. The van der Waals surface area contributed by atoms with Crippen LogP contribution in [0.1, 0.15) is 0 Å². The lowest BCUT2D eigenvalue weighted by atomic mass is 9.86. The molecule has 0 N–H and O–H groups in total. The van der Waals surface area contributed by atoms with E-state index >= 15 is 0 Å². The highest BCUT2D eigenvalue weighted by atomic mass is 14.9. The first kappa shape index (κ1) is 33.6. The number of benzene rings is 10. The van der Waals surface area contributed by atoms with Crippen LogP contribution in [0.5, 0.6) is 0 Å². The maximum atomic E-state index is 5.32. The summed E-state index contributed by atoms with van der Waals surface area (Å²) < 4.78 is 0. The zero-order valence-electron chi connectivity index (χ0n) is 31.7. The van der Waals surface area contributed by atoms with Crippen LogP contribution in [-0.2, 0) is 0 Å². The van der Waals surface area contributed by atoms with E-state index in [9.17, 15) is 0 Å². The van der Waals surface area contributed by atoms with Gasteiger partial charge in [0.25, 0.3) is 0 Å². The van der Waals surface area contributed by atoms with E-state index in [-0.39, 0.29) is 0 Å². The summed E-state index contributed by atoms with van der Waals surface area (Å²) in [5, 5.41) is 9.84. The Balaban J connectivity index is 1.11. The summed E-state index contributed by atoms with van der Waals surface area (Å²) in [6, 6.07) is 78.2. The number of hydrogen-bond acceptors (Lipinski definition) is 2. The summed E-state index contributed by atoms with van der Waals surface area (Å²) >= 11 is 0. The number of rotatable bonds is 6. The molecule has 0 spiro atoms. The van der Waals surface area contributed by atoms with Crippen molar-refractivity contribution in [3.63, 3.8) is 0 Å². The van der Waals surface area contributed by atoms with Crippen LogP contribution in [0.3, 0.4) is 0 Å². The molecule has 0 bridgehead atoms. The Morgan fingerprint density at radius 2 is 0.759 bits per heavy atom. The highest BCUT2D eigenvalue weighted by Crippen LogP contribution is 2.44. The van der Waals surface area contributed by atoms with E-state index in [4.69, 9.17) is 9.97 Å². The molecule has 0 unspecified atom stereocenters. The van der Waals surface area contributed by atoms with Crippen LogP contribution in [0.25, 0.3) is 110 Å². The molecular formula is C56H36N2. The van der Waals surface area contributed by atoms with Crippen LogP contribution < -0.4 is 0 Å². The lowest BCUT2D eigenvalue weighted by molar-refractivity contribution is 1.19. The molecule has 270 valence electrons. The van der Waals surface area contributed by atoms with Gasteiger partial charge in [-0.1, -0.05) is 206 Å². The fourth-order valence-electron chi connectivity index (χ4n) is 8.72. The van der Waals surface area contributed by atoms with Crippen molar-refractivity contribution in [3.8, 4) is 67.3 Å². The van der Waals surface area contributed by atoms with Gasteiger partial charge in [-0.3, -0.25) is 0 Å². The molecule has 0 amide bonds. The Bertz CT molecular complexity index is 3310. The van der Waals surface area contributed by atoms with E-state index in [0.29, 0.717) is 5.82 Å². The average Bonchev–Trinajstić information content (AvgIpc) is 3.31. The molecule has 58 heavy (non-hydrogen) atoms. The minimum Gasteiger partial charge on any atom is -0.228 e. The van der Waals surface area contributed by atoms with Gasteiger partial charge >= 0.3 is 0 Å². The molecule has 11 aromatic rings. The summed E-state index contributed by atoms with van der Waals surface area (Å²) in [4.78, 5) is 10.6. The third kappa shape index (κ3) is 5.82. The van der Waals surface area contributed by atoms with Crippen molar-refractivity contribution in [2.24, 2.45) is 0 Å². The van der Waals surface area contributed by atoms with Crippen LogP contribution in [-0.4, -0.2) is 9.97 Å². The summed E-state index contributed by atoms with van der Waals surface area (Å²) in [5.41, 5.74) is 12.0. The molecule has 10 aromatic carbocycles. The third-order valence-corrected chi connectivity index (χ3v) is 11.5. The average molecular weight is 737 g/mol. The summed E-state index contributed by atoms with van der Waals surface area (Å²) in [7, 11) is 0. The van der Waals surface area contributed by atoms with Crippen molar-refractivity contribution in [1.82, 2.24) is 9.97 Å². The summed E-state index contributed by atoms with van der Waals surface area (Å²) in [6.07, 6.45) is 0. The minimum absolute atomic E-state index is 0.697. The van der Waals surface area contributed by atoms with Gasteiger partial charge in [0.15, 0.2) is 5.82 Å². The van der Waals surface area contributed by atoms with Gasteiger partial charge in [-0.25, -0.2) is 9.97 Å². The standard InChI is InChI=1S/C56H36N2/c1-3-15-37(16-4-1)38-27-29-40(30-28-38)43-21-11-14-26-48(43)53-36-54(58-56(57-53)41-18-5-2-6-19-41)49-33-34-50(47-25-13-12-24-46(47)49)55-45-23-10-8-20-42(45)35-52-44-22-9-7-17-39(44)31-32-51(52)55/h1-36H. The zero-order chi connectivity index (χ0) is 38.4. The summed E-state index contributed by atoms with van der Waals surface area (Å²) in [5.74, 6) is 0.697. The fraction of sp³-hybridized carbons (Fsp3) is 0. The predicted octanol–water partition coefficient (Wildman–Crippen LogP) is 15.1. The quantitative estimate of drug-likeness (QED) is 0.125. The molecule has 0 aliphatic carbocycles. The normalized spacial score (nSPS) is 11.4. The van der Waals surface area contributed by atoms with Gasteiger partial charge in [0.1, 0.15) is 0 Å². The second-order valence-electron chi connectivity index (χ2n) is 14.9. The number of aromatic nitrogens is 2. The van der Waals surface area contributed by atoms with Gasteiger partial charge in [0.05, 0.1) is 11.4 Å². The maximum Gasteiger partial charge on any atom is 0.160 e. The summed E-state index contributed by atoms with van der Waals surface area (Å²) in [6.45, 7) is 0. The van der Waals surface area contributed by atoms with E-state index in [1.165, 1.54) is 60.0 Å². The van der Waals surface area contributed by atoms with E-state index in [1.807, 2.05) is 6.07 Å². The smallest absolute Gasteiger partial charge is 0.160 e. The predicted molar refractivity (Wildman–Crippen MR) is 245 cm³/mol. The van der Waals surface area contributed by atoms with Crippen molar-refractivity contribution >= 4 is 43.1 Å². The minimum atomic E-state index is 0.697. The Labute approximate surface area is 337 Å². The van der Waals surface area contributed by atoms with Crippen LogP contribution in [0.15, 0.2) is 218 Å². The maximum absolute atomic E-state index is 5.32. The zero-order valence-corrected chi connectivity index (χ0v) is 31.7. The molecule has 1 heterocycles. The van der Waals surface area contributed by atoms with Crippen molar-refractivity contribution < 1.29 is 0 Å². The molecule has 11 rings (SSSR count). The van der Waals surface area contributed by atoms with E-state index in [1.54, 1.807) is 0 Å². The van der Waals surface area contributed by atoms with Crippen molar-refractivity contribution in [2.75, 3.05) is 0 Å². The van der Waals surface area contributed by atoms with E-state index in [0.717, 1.165) is 44.6 Å². The molecular weight excluding hydrogens is 701 g/mol. The Morgan fingerprint density at radius 3 is 1.50 bits per heavy atom. The van der Waals surface area contributed by atoms with Gasteiger partial charge in [0, 0.05) is 16.7 Å². The Morgan fingerprint density at radius 1 is 0.241 bits per heavy atom. The van der Waals surface area contributed by atoms with Crippen molar-refractivity contribution in [2.45, 2.75) is 0 Å². The van der Waals surface area contributed by atoms with Crippen molar-refractivity contribution in [1.29, 1.82) is 0 Å². The lowest BCUT2D eigenvalue weighted by Crippen LogP contribution is -1.98. The van der Waals surface area contributed by atoms with E-state index < -0.39 is 0 Å². The second-order valence-corrected chi connectivity index (χ2v) is 14.9. The lowest BCUT2D eigenvalue weighted by Gasteiger charge is -2.18. The van der Waals surface area contributed by atoms with Gasteiger partial charge < -0.3 is 0 Å². The van der Waals surface area contributed by atoms with E-state index in [2.05, 4.69) is 212 Å². The molecule has 0 radical (unpaired) electrons. The van der Waals surface area contributed by atoms with Crippen LogP contribution in [0, 0.1) is 0 Å². The largest absolute Gasteiger partial charge is 0.228 e. The monoisotopic (exact) mass is 736 g/mol. The van der Waals surface area contributed by atoms with Gasteiger partial charge in [-0.05, 0) is 88.6 Å².